The maximum absolute atomic E-state index is 12.8. The highest BCUT2D eigenvalue weighted by Gasteiger charge is 2.29. The molecule has 0 amide bonds. The molecule has 0 fully saturated rings. The summed E-state index contributed by atoms with van der Waals surface area (Å²) in [5.41, 5.74) is 4.70. The highest BCUT2D eigenvalue weighted by Crippen LogP contribution is 2.37. The molecule has 0 aromatic heterocycles. The quantitative estimate of drug-likeness (QED) is 0.552. The molecule has 0 bridgehead atoms. The van der Waals surface area contributed by atoms with Crippen molar-refractivity contribution in [3.63, 3.8) is 0 Å². The highest BCUT2D eigenvalue weighted by atomic mass is 16.5. The number of ether oxygens (including phenoxy) is 2. The zero-order chi connectivity index (χ0) is 19.6. The van der Waals surface area contributed by atoms with Gasteiger partial charge >= 0.3 is 0 Å². The van der Waals surface area contributed by atoms with Crippen LogP contribution in [-0.4, -0.2) is 26.5 Å². The Morgan fingerprint density at radius 3 is 2.48 bits per heavy atom. The van der Waals surface area contributed by atoms with E-state index in [1.807, 2.05) is 76.2 Å². The number of nitrogens with zero attached hydrogens (tertiary/aromatic N) is 1. The van der Waals surface area contributed by atoms with Crippen LogP contribution >= 0.6 is 0 Å². The van der Waals surface area contributed by atoms with Gasteiger partial charge in [0, 0.05) is 25.8 Å². The number of Topliss-reactive ketones (excluding diaryl/α,β-unsaturated/α-hetero) is 1. The lowest BCUT2D eigenvalue weighted by atomic mass is 10.0. The monoisotopic (exact) mass is 363 g/mol. The standard InChI is InChI=1S/C23H25NO3/c1-15(2)10-11-26-19-12-16(3)22-20(14-19)27-21(23(22)25)13-17-6-8-18(9-7-17)24(4)5/h6-10,12-14H,11H2,1-5H3/b21-13-. The molecule has 1 aliphatic rings. The molecular weight excluding hydrogens is 338 g/mol. The van der Waals surface area contributed by atoms with Gasteiger partial charge in [-0.15, -0.1) is 0 Å². The Kier molecular flexibility index (Phi) is 5.36. The summed E-state index contributed by atoms with van der Waals surface area (Å²) in [6.45, 7) is 6.46. The predicted molar refractivity (Wildman–Crippen MR) is 110 cm³/mol. The molecule has 3 rings (SSSR count). The van der Waals surface area contributed by atoms with Crippen LogP contribution in [-0.2, 0) is 0 Å². The van der Waals surface area contributed by atoms with Crippen LogP contribution in [0.5, 0.6) is 11.5 Å². The number of hydrogen-bond donors (Lipinski definition) is 0. The van der Waals surface area contributed by atoms with Gasteiger partial charge < -0.3 is 14.4 Å². The van der Waals surface area contributed by atoms with Gasteiger partial charge in [0.25, 0.3) is 0 Å². The van der Waals surface area contributed by atoms with Crippen molar-refractivity contribution in [2.45, 2.75) is 20.8 Å². The molecule has 1 heterocycles. The summed E-state index contributed by atoms with van der Waals surface area (Å²) in [5, 5.41) is 0. The second kappa shape index (κ2) is 7.70. The van der Waals surface area contributed by atoms with Gasteiger partial charge in [-0.3, -0.25) is 4.79 Å². The number of hydrogen-bond acceptors (Lipinski definition) is 4. The van der Waals surface area contributed by atoms with E-state index in [1.54, 1.807) is 12.1 Å². The first-order valence-corrected chi connectivity index (χ1v) is 8.97. The fourth-order valence-electron chi connectivity index (χ4n) is 2.89. The second-order valence-corrected chi connectivity index (χ2v) is 7.13. The molecule has 0 N–H and O–H groups in total. The van der Waals surface area contributed by atoms with E-state index >= 15 is 0 Å². The Morgan fingerprint density at radius 1 is 1.15 bits per heavy atom. The number of anilines is 1. The molecule has 0 spiro atoms. The first-order valence-electron chi connectivity index (χ1n) is 8.97. The Morgan fingerprint density at radius 2 is 1.85 bits per heavy atom. The summed E-state index contributed by atoms with van der Waals surface area (Å²) < 4.78 is 11.6. The predicted octanol–water partition coefficient (Wildman–Crippen LogP) is 5.02. The van der Waals surface area contributed by atoms with Crippen molar-refractivity contribution in [3.05, 3.63) is 70.5 Å². The summed E-state index contributed by atoms with van der Waals surface area (Å²) in [6, 6.07) is 11.6. The zero-order valence-corrected chi connectivity index (χ0v) is 16.5. The van der Waals surface area contributed by atoms with Crippen molar-refractivity contribution >= 4 is 17.5 Å². The average molecular weight is 363 g/mol. The van der Waals surface area contributed by atoms with E-state index in [0.717, 1.165) is 16.8 Å². The lowest BCUT2D eigenvalue weighted by Gasteiger charge is -2.11. The Bertz CT molecular complexity index is 917. The normalized spacial score (nSPS) is 14.0. The van der Waals surface area contributed by atoms with Gasteiger partial charge in [0.15, 0.2) is 5.76 Å². The molecule has 4 nitrogen and oxygen atoms in total. The SMILES string of the molecule is CC(C)=CCOc1cc(C)c2c(c1)O/C(=C\c1ccc(N(C)C)cc1)C2=O. The van der Waals surface area contributed by atoms with Gasteiger partial charge in [-0.25, -0.2) is 0 Å². The van der Waals surface area contributed by atoms with E-state index < -0.39 is 0 Å². The molecular formula is C23H25NO3. The summed E-state index contributed by atoms with van der Waals surface area (Å²) in [4.78, 5) is 14.8. The number of aryl methyl sites for hydroxylation is 1. The highest BCUT2D eigenvalue weighted by molar-refractivity contribution is 6.15. The van der Waals surface area contributed by atoms with Crippen molar-refractivity contribution < 1.29 is 14.3 Å². The third-order valence-electron chi connectivity index (χ3n) is 4.39. The number of benzene rings is 2. The van der Waals surface area contributed by atoms with E-state index in [-0.39, 0.29) is 5.78 Å². The fourth-order valence-corrected chi connectivity index (χ4v) is 2.89. The first kappa shape index (κ1) is 18.8. The van der Waals surface area contributed by atoms with Crippen molar-refractivity contribution in [2.24, 2.45) is 0 Å². The molecule has 0 aliphatic carbocycles. The van der Waals surface area contributed by atoms with E-state index in [1.165, 1.54) is 5.57 Å². The number of fused-ring (bicyclic) bond motifs is 1. The summed E-state index contributed by atoms with van der Waals surface area (Å²) in [6.07, 6.45) is 3.79. The van der Waals surface area contributed by atoms with Gasteiger partial charge in [0.1, 0.15) is 18.1 Å². The number of allylic oxidation sites excluding steroid dienone is 2. The molecule has 2 aromatic carbocycles. The third-order valence-corrected chi connectivity index (χ3v) is 4.39. The minimum Gasteiger partial charge on any atom is -0.489 e. The maximum Gasteiger partial charge on any atom is 0.232 e. The largest absolute Gasteiger partial charge is 0.489 e. The molecule has 4 heteroatoms. The molecule has 2 aromatic rings. The Balaban J connectivity index is 1.83. The van der Waals surface area contributed by atoms with Crippen LogP contribution in [0.15, 0.2) is 53.8 Å². The second-order valence-electron chi connectivity index (χ2n) is 7.13. The van der Waals surface area contributed by atoms with Crippen molar-refractivity contribution in [1.82, 2.24) is 0 Å². The van der Waals surface area contributed by atoms with Gasteiger partial charge in [0.05, 0.1) is 5.56 Å². The van der Waals surface area contributed by atoms with Gasteiger partial charge in [-0.1, -0.05) is 17.7 Å². The molecule has 0 unspecified atom stereocenters. The molecule has 0 saturated heterocycles. The van der Waals surface area contributed by atoms with E-state index in [0.29, 0.717) is 29.4 Å². The molecule has 0 atom stereocenters. The van der Waals surface area contributed by atoms with Crippen LogP contribution in [0.4, 0.5) is 5.69 Å². The first-order chi connectivity index (χ1) is 12.8. The van der Waals surface area contributed by atoms with Crippen molar-refractivity contribution in [3.8, 4) is 11.5 Å². The molecule has 0 radical (unpaired) electrons. The number of ketones is 1. The van der Waals surface area contributed by atoms with Crippen LogP contribution in [0.25, 0.3) is 6.08 Å². The van der Waals surface area contributed by atoms with Gasteiger partial charge in [-0.05, 0) is 62.2 Å². The van der Waals surface area contributed by atoms with Crippen LogP contribution in [0.2, 0.25) is 0 Å². The number of carbonyl (C=O) groups is 1. The summed E-state index contributed by atoms with van der Waals surface area (Å²) >= 11 is 0. The molecule has 140 valence electrons. The third kappa shape index (κ3) is 4.22. The smallest absolute Gasteiger partial charge is 0.232 e. The van der Waals surface area contributed by atoms with Crippen LogP contribution in [0.1, 0.15) is 35.3 Å². The lowest BCUT2D eigenvalue weighted by molar-refractivity contribution is 0.101. The van der Waals surface area contributed by atoms with Crippen molar-refractivity contribution in [1.29, 1.82) is 0 Å². The van der Waals surface area contributed by atoms with Gasteiger partial charge in [0.2, 0.25) is 5.78 Å². The summed E-state index contributed by atoms with van der Waals surface area (Å²) in [5.74, 6) is 1.51. The fraction of sp³-hybridized carbons (Fsp3) is 0.261. The van der Waals surface area contributed by atoms with Crippen LogP contribution in [0.3, 0.4) is 0 Å². The van der Waals surface area contributed by atoms with Gasteiger partial charge in [-0.2, -0.15) is 0 Å². The Hall–Kier alpha value is -3.01. The summed E-state index contributed by atoms with van der Waals surface area (Å²) in [7, 11) is 3.99. The van der Waals surface area contributed by atoms with E-state index in [9.17, 15) is 4.79 Å². The van der Waals surface area contributed by atoms with E-state index in [2.05, 4.69) is 0 Å². The zero-order valence-electron chi connectivity index (χ0n) is 16.5. The minimum atomic E-state index is -0.0879. The molecule has 0 saturated carbocycles. The molecule has 1 aliphatic heterocycles. The van der Waals surface area contributed by atoms with Crippen LogP contribution < -0.4 is 14.4 Å². The Labute approximate surface area is 160 Å². The average Bonchev–Trinajstić information content (AvgIpc) is 2.91. The molecule has 27 heavy (non-hydrogen) atoms. The van der Waals surface area contributed by atoms with Crippen LogP contribution in [0, 0.1) is 6.92 Å². The lowest BCUT2D eigenvalue weighted by Crippen LogP contribution is -2.08. The number of carbonyl (C=O) groups excluding carboxylic acids is 1. The van der Waals surface area contributed by atoms with E-state index in [4.69, 9.17) is 9.47 Å². The van der Waals surface area contributed by atoms with Crippen molar-refractivity contribution in [2.75, 3.05) is 25.6 Å². The topological polar surface area (TPSA) is 38.8 Å². The number of rotatable bonds is 5. The maximum atomic E-state index is 12.8. The minimum absolute atomic E-state index is 0.0879.